The van der Waals surface area contributed by atoms with Gasteiger partial charge in [-0.3, -0.25) is 14.4 Å². The van der Waals surface area contributed by atoms with Crippen LogP contribution in [0.15, 0.2) is 35.1 Å². The molecule has 1 unspecified atom stereocenters. The van der Waals surface area contributed by atoms with Crippen molar-refractivity contribution < 1.29 is 14.7 Å². The highest BCUT2D eigenvalue weighted by atomic mass is 16.4. The van der Waals surface area contributed by atoms with Gasteiger partial charge in [-0.15, -0.1) is 0 Å². The summed E-state index contributed by atoms with van der Waals surface area (Å²) in [4.78, 5) is 38.4. The standard InChI is InChI=1S/C19H22N2O4/c1-11-5-4-6-14(7-11)9-15(19(24)25)10-20-17(22)16-12(2)8-13(3)21-18(16)23/h4-8,15H,9-10H2,1-3H3,(H,20,22)(H,21,23)(H,24,25). The molecule has 0 saturated carbocycles. The fraction of sp³-hybridized carbons (Fsp3) is 0.316. The van der Waals surface area contributed by atoms with Crippen molar-refractivity contribution in [2.45, 2.75) is 27.2 Å². The Morgan fingerprint density at radius 1 is 1.20 bits per heavy atom. The quantitative estimate of drug-likeness (QED) is 0.747. The van der Waals surface area contributed by atoms with Crippen molar-refractivity contribution in [1.82, 2.24) is 10.3 Å². The van der Waals surface area contributed by atoms with Crippen LogP contribution in [0.25, 0.3) is 0 Å². The van der Waals surface area contributed by atoms with E-state index in [4.69, 9.17) is 0 Å². The van der Waals surface area contributed by atoms with Crippen molar-refractivity contribution in [3.05, 3.63) is 68.6 Å². The number of benzene rings is 1. The lowest BCUT2D eigenvalue weighted by molar-refractivity contribution is -0.141. The van der Waals surface area contributed by atoms with E-state index in [2.05, 4.69) is 10.3 Å². The second-order valence-electron chi connectivity index (χ2n) is 6.28. The number of rotatable bonds is 6. The van der Waals surface area contributed by atoms with Gasteiger partial charge in [-0.25, -0.2) is 0 Å². The zero-order chi connectivity index (χ0) is 18.6. The topological polar surface area (TPSA) is 99.3 Å². The molecule has 0 saturated heterocycles. The molecule has 0 aliphatic rings. The third-order valence-corrected chi connectivity index (χ3v) is 4.02. The molecule has 2 aromatic rings. The number of amides is 1. The highest BCUT2D eigenvalue weighted by Gasteiger charge is 2.21. The third kappa shape index (κ3) is 4.79. The van der Waals surface area contributed by atoms with Crippen LogP contribution in [0.1, 0.15) is 32.7 Å². The van der Waals surface area contributed by atoms with E-state index in [0.717, 1.165) is 11.1 Å². The number of pyridine rings is 1. The fourth-order valence-electron chi connectivity index (χ4n) is 2.81. The number of hydrogen-bond donors (Lipinski definition) is 3. The third-order valence-electron chi connectivity index (χ3n) is 4.02. The first-order valence-corrected chi connectivity index (χ1v) is 8.05. The minimum absolute atomic E-state index is 0.0188. The van der Waals surface area contributed by atoms with Gasteiger partial charge in [0.2, 0.25) is 0 Å². The fourth-order valence-corrected chi connectivity index (χ4v) is 2.81. The maximum Gasteiger partial charge on any atom is 0.308 e. The summed E-state index contributed by atoms with van der Waals surface area (Å²) in [5, 5.41) is 12.0. The van der Waals surface area contributed by atoms with Gasteiger partial charge in [0, 0.05) is 12.2 Å². The average Bonchev–Trinajstić information content (AvgIpc) is 2.50. The van der Waals surface area contributed by atoms with Crippen LogP contribution in [0.5, 0.6) is 0 Å². The number of H-pyrrole nitrogens is 1. The first-order chi connectivity index (χ1) is 11.8. The van der Waals surface area contributed by atoms with E-state index in [9.17, 15) is 19.5 Å². The van der Waals surface area contributed by atoms with E-state index >= 15 is 0 Å². The minimum Gasteiger partial charge on any atom is -0.481 e. The summed E-state index contributed by atoms with van der Waals surface area (Å²) in [6, 6.07) is 9.30. The van der Waals surface area contributed by atoms with Crippen molar-refractivity contribution in [2.75, 3.05) is 6.54 Å². The van der Waals surface area contributed by atoms with Crippen LogP contribution in [-0.4, -0.2) is 28.5 Å². The molecular weight excluding hydrogens is 320 g/mol. The van der Waals surface area contributed by atoms with Crippen LogP contribution in [0.2, 0.25) is 0 Å². The molecule has 1 amide bonds. The zero-order valence-corrected chi connectivity index (χ0v) is 14.6. The molecule has 6 nitrogen and oxygen atoms in total. The Bertz CT molecular complexity index is 855. The highest BCUT2D eigenvalue weighted by molar-refractivity contribution is 5.95. The van der Waals surface area contributed by atoms with Crippen molar-refractivity contribution in [2.24, 2.45) is 5.92 Å². The zero-order valence-electron chi connectivity index (χ0n) is 14.6. The van der Waals surface area contributed by atoms with Gasteiger partial charge in [0.15, 0.2) is 0 Å². The molecule has 0 radical (unpaired) electrons. The Hall–Kier alpha value is -2.89. The van der Waals surface area contributed by atoms with E-state index in [1.165, 1.54) is 0 Å². The van der Waals surface area contributed by atoms with E-state index in [0.29, 0.717) is 17.7 Å². The van der Waals surface area contributed by atoms with Crippen molar-refractivity contribution in [1.29, 1.82) is 0 Å². The molecular formula is C19H22N2O4. The Labute approximate surface area is 145 Å². The average molecular weight is 342 g/mol. The molecule has 0 fully saturated rings. The summed E-state index contributed by atoms with van der Waals surface area (Å²) in [5.41, 5.74) is 2.72. The summed E-state index contributed by atoms with van der Waals surface area (Å²) in [7, 11) is 0. The molecule has 3 N–H and O–H groups in total. The number of carboxylic acid groups (broad SMARTS) is 1. The number of aliphatic carboxylic acids is 1. The second kappa shape index (κ2) is 7.79. The van der Waals surface area contributed by atoms with Crippen LogP contribution >= 0.6 is 0 Å². The van der Waals surface area contributed by atoms with E-state index in [1.54, 1.807) is 19.9 Å². The lowest BCUT2D eigenvalue weighted by atomic mass is 9.98. The van der Waals surface area contributed by atoms with Gasteiger partial charge in [0.25, 0.3) is 11.5 Å². The molecule has 0 aliphatic carbocycles. The van der Waals surface area contributed by atoms with Crippen LogP contribution in [-0.2, 0) is 11.2 Å². The molecule has 1 atom stereocenters. The minimum atomic E-state index is -0.989. The van der Waals surface area contributed by atoms with Gasteiger partial charge in [0.1, 0.15) is 5.56 Å². The summed E-state index contributed by atoms with van der Waals surface area (Å²) in [6.07, 6.45) is 0.306. The maximum atomic E-state index is 12.3. The van der Waals surface area contributed by atoms with Crippen LogP contribution < -0.4 is 10.9 Å². The highest BCUT2D eigenvalue weighted by Crippen LogP contribution is 2.11. The maximum absolute atomic E-state index is 12.3. The van der Waals surface area contributed by atoms with Gasteiger partial charge >= 0.3 is 5.97 Å². The number of carbonyl (C=O) groups is 2. The molecule has 0 spiro atoms. The number of nitrogens with one attached hydrogen (secondary N) is 2. The molecule has 0 aliphatic heterocycles. The predicted molar refractivity (Wildman–Crippen MR) is 94.9 cm³/mol. The number of aromatic nitrogens is 1. The smallest absolute Gasteiger partial charge is 0.308 e. The molecule has 2 rings (SSSR count). The number of aryl methyl sites for hydroxylation is 3. The predicted octanol–water partition coefficient (Wildman–Crippen LogP) is 1.97. The monoisotopic (exact) mass is 342 g/mol. The number of hydrogen-bond acceptors (Lipinski definition) is 3. The Morgan fingerprint density at radius 3 is 2.52 bits per heavy atom. The second-order valence-corrected chi connectivity index (χ2v) is 6.28. The number of carboxylic acids is 1. The summed E-state index contributed by atoms with van der Waals surface area (Å²) < 4.78 is 0. The largest absolute Gasteiger partial charge is 0.481 e. The molecule has 1 aromatic carbocycles. The summed E-state index contributed by atoms with van der Waals surface area (Å²) in [5.74, 6) is -2.32. The summed E-state index contributed by atoms with van der Waals surface area (Å²) in [6.45, 7) is 5.30. The molecule has 25 heavy (non-hydrogen) atoms. The number of aromatic amines is 1. The van der Waals surface area contributed by atoms with Gasteiger partial charge in [-0.05, 0) is 44.4 Å². The molecule has 1 aromatic heterocycles. The van der Waals surface area contributed by atoms with Crippen LogP contribution in [0.4, 0.5) is 0 Å². The SMILES string of the molecule is Cc1cccc(CC(CNC(=O)c2c(C)cc(C)[nH]c2=O)C(=O)O)c1. The molecule has 0 bridgehead atoms. The van der Waals surface area contributed by atoms with E-state index < -0.39 is 23.4 Å². The molecule has 1 heterocycles. The Kier molecular flexibility index (Phi) is 5.75. The first-order valence-electron chi connectivity index (χ1n) is 8.05. The van der Waals surface area contributed by atoms with E-state index in [-0.39, 0.29) is 12.1 Å². The van der Waals surface area contributed by atoms with Crippen LogP contribution in [0.3, 0.4) is 0 Å². The lowest BCUT2D eigenvalue weighted by Crippen LogP contribution is -2.37. The van der Waals surface area contributed by atoms with Gasteiger partial charge in [-0.1, -0.05) is 29.8 Å². The Balaban J connectivity index is 2.10. The van der Waals surface area contributed by atoms with Gasteiger partial charge in [-0.2, -0.15) is 0 Å². The van der Waals surface area contributed by atoms with Crippen molar-refractivity contribution in [3.63, 3.8) is 0 Å². The van der Waals surface area contributed by atoms with Crippen LogP contribution in [0, 0.1) is 26.7 Å². The van der Waals surface area contributed by atoms with Crippen molar-refractivity contribution >= 4 is 11.9 Å². The molecule has 6 heteroatoms. The normalized spacial score (nSPS) is 11.8. The first kappa shape index (κ1) is 18.4. The summed E-state index contributed by atoms with van der Waals surface area (Å²) >= 11 is 0. The molecule has 132 valence electrons. The lowest BCUT2D eigenvalue weighted by Gasteiger charge is -2.14. The van der Waals surface area contributed by atoms with E-state index in [1.807, 2.05) is 31.2 Å². The van der Waals surface area contributed by atoms with Gasteiger partial charge in [0.05, 0.1) is 5.92 Å². The Morgan fingerprint density at radius 2 is 1.92 bits per heavy atom. The number of carbonyl (C=O) groups excluding carboxylic acids is 1. The van der Waals surface area contributed by atoms with Crippen molar-refractivity contribution in [3.8, 4) is 0 Å². The van der Waals surface area contributed by atoms with Gasteiger partial charge < -0.3 is 15.4 Å².